The SMILES string of the molecule is Cc1ccc(C(=O)N2CCC(C(=O)Nc3ccc4c(c3)OCO4)CC2)cc1. The maximum atomic E-state index is 12.6. The van der Waals surface area contributed by atoms with Crippen LogP contribution in [0.3, 0.4) is 0 Å². The standard InChI is InChI=1S/C21H22N2O4/c1-14-2-4-16(5-3-14)21(25)23-10-8-15(9-11-23)20(24)22-17-6-7-18-19(12-17)27-13-26-18/h2-7,12,15H,8-11,13H2,1H3,(H,22,24). The van der Waals surface area contributed by atoms with Crippen LogP contribution in [0.5, 0.6) is 11.5 Å². The van der Waals surface area contributed by atoms with Crippen LogP contribution < -0.4 is 14.8 Å². The fourth-order valence-electron chi connectivity index (χ4n) is 3.44. The topological polar surface area (TPSA) is 67.9 Å². The average molecular weight is 366 g/mol. The molecule has 0 spiro atoms. The molecule has 6 heteroatoms. The summed E-state index contributed by atoms with van der Waals surface area (Å²) in [7, 11) is 0. The van der Waals surface area contributed by atoms with Crippen molar-refractivity contribution in [3.05, 3.63) is 53.6 Å². The number of anilines is 1. The molecule has 4 rings (SSSR count). The number of aryl methyl sites for hydroxylation is 1. The van der Waals surface area contributed by atoms with Gasteiger partial charge in [-0.15, -0.1) is 0 Å². The Morgan fingerprint density at radius 3 is 2.44 bits per heavy atom. The monoisotopic (exact) mass is 366 g/mol. The van der Waals surface area contributed by atoms with Crippen molar-refractivity contribution in [1.29, 1.82) is 0 Å². The first kappa shape index (κ1) is 17.4. The smallest absolute Gasteiger partial charge is 0.253 e. The second kappa shape index (κ2) is 7.31. The average Bonchev–Trinajstić information content (AvgIpc) is 3.16. The fraction of sp³-hybridized carbons (Fsp3) is 0.333. The van der Waals surface area contributed by atoms with Gasteiger partial charge in [0.25, 0.3) is 5.91 Å². The highest BCUT2D eigenvalue weighted by molar-refractivity contribution is 5.95. The summed E-state index contributed by atoms with van der Waals surface area (Å²) >= 11 is 0. The van der Waals surface area contributed by atoms with E-state index in [1.807, 2.05) is 42.2 Å². The Balaban J connectivity index is 1.32. The quantitative estimate of drug-likeness (QED) is 0.906. The number of rotatable bonds is 3. The molecule has 0 aliphatic carbocycles. The van der Waals surface area contributed by atoms with Gasteiger partial charge in [0.2, 0.25) is 12.7 Å². The van der Waals surface area contributed by atoms with Crippen molar-refractivity contribution < 1.29 is 19.1 Å². The van der Waals surface area contributed by atoms with Crippen LogP contribution in [0, 0.1) is 12.8 Å². The molecule has 0 aromatic heterocycles. The second-order valence-corrected chi connectivity index (χ2v) is 6.99. The third-order valence-corrected chi connectivity index (χ3v) is 5.09. The summed E-state index contributed by atoms with van der Waals surface area (Å²) in [5, 5.41) is 2.95. The van der Waals surface area contributed by atoms with Gasteiger partial charge in [0.1, 0.15) is 0 Å². The van der Waals surface area contributed by atoms with E-state index < -0.39 is 0 Å². The van der Waals surface area contributed by atoms with Crippen molar-refractivity contribution in [2.45, 2.75) is 19.8 Å². The lowest BCUT2D eigenvalue weighted by molar-refractivity contribution is -0.121. The predicted molar refractivity (Wildman–Crippen MR) is 101 cm³/mol. The van der Waals surface area contributed by atoms with E-state index in [4.69, 9.17) is 9.47 Å². The molecule has 1 N–H and O–H groups in total. The van der Waals surface area contributed by atoms with Gasteiger partial charge < -0.3 is 19.7 Å². The van der Waals surface area contributed by atoms with E-state index in [1.54, 1.807) is 12.1 Å². The maximum Gasteiger partial charge on any atom is 0.253 e. The van der Waals surface area contributed by atoms with Crippen LogP contribution in [0.15, 0.2) is 42.5 Å². The highest BCUT2D eigenvalue weighted by Crippen LogP contribution is 2.34. The van der Waals surface area contributed by atoms with Crippen LogP contribution in [-0.4, -0.2) is 36.6 Å². The second-order valence-electron chi connectivity index (χ2n) is 6.99. The van der Waals surface area contributed by atoms with E-state index in [-0.39, 0.29) is 24.5 Å². The molecule has 2 aliphatic rings. The van der Waals surface area contributed by atoms with Crippen molar-refractivity contribution in [1.82, 2.24) is 4.90 Å². The van der Waals surface area contributed by atoms with Crippen LogP contribution in [0.2, 0.25) is 0 Å². The first-order valence-corrected chi connectivity index (χ1v) is 9.16. The van der Waals surface area contributed by atoms with Gasteiger partial charge in [-0.1, -0.05) is 17.7 Å². The number of benzene rings is 2. The zero-order valence-corrected chi connectivity index (χ0v) is 15.2. The molecule has 140 valence electrons. The highest BCUT2D eigenvalue weighted by atomic mass is 16.7. The molecule has 2 aromatic carbocycles. The minimum atomic E-state index is -0.0995. The van der Waals surface area contributed by atoms with Crippen molar-refractivity contribution in [2.24, 2.45) is 5.92 Å². The van der Waals surface area contributed by atoms with Crippen LogP contribution in [0.25, 0.3) is 0 Å². The highest BCUT2D eigenvalue weighted by Gasteiger charge is 2.28. The normalized spacial score (nSPS) is 16.3. The molecule has 6 nitrogen and oxygen atoms in total. The largest absolute Gasteiger partial charge is 0.454 e. The Labute approximate surface area is 158 Å². The van der Waals surface area contributed by atoms with Gasteiger partial charge >= 0.3 is 0 Å². The fourth-order valence-corrected chi connectivity index (χ4v) is 3.44. The molecule has 1 saturated heterocycles. The molecule has 2 heterocycles. The Bertz CT molecular complexity index is 855. The van der Waals surface area contributed by atoms with Gasteiger partial charge in [0, 0.05) is 36.3 Å². The number of hydrogen-bond acceptors (Lipinski definition) is 4. The molecule has 2 aliphatic heterocycles. The summed E-state index contributed by atoms with van der Waals surface area (Å²) < 4.78 is 10.6. The van der Waals surface area contributed by atoms with Crippen molar-refractivity contribution in [2.75, 3.05) is 25.2 Å². The Kier molecular flexibility index (Phi) is 4.71. The van der Waals surface area contributed by atoms with E-state index >= 15 is 0 Å². The Morgan fingerprint density at radius 2 is 1.70 bits per heavy atom. The van der Waals surface area contributed by atoms with Crippen LogP contribution in [0.1, 0.15) is 28.8 Å². The molecule has 0 radical (unpaired) electrons. The number of ether oxygens (including phenoxy) is 2. The number of nitrogens with one attached hydrogen (secondary N) is 1. The first-order valence-electron chi connectivity index (χ1n) is 9.16. The minimum Gasteiger partial charge on any atom is -0.454 e. The van der Waals surface area contributed by atoms with Gasteiger partial charge in [-0.3, -0.25) is 9.59 Å². The van der Waals surface area contributed by atoms with Gasteiger partial charge in [0.15, 0.2) is 11.5 Å². The molecule has 0 atom stereocenters. The van der Waals surface area contributed by atoms with Crippen molar-refractivity contribution >= 4 is 17.5 Å². The zero-order valence-electron chi connectivity index (χ0n) is 15.2. The molecule has 0 saturated carbocycles. The van der Waals surface area contributed by atoms with Crippen LogP contribution >= 0.6 is 0 Å². The van der Waals surface area contributed by atoms with Crippen molar-refractivity contribution in [3.63, 3.8) is 0 Å². The van der Waals surface area contributed by atoms with Crippen LogP contribution in [-0.2, 0) is 4.79 Å². The van der Waals surface area contributed by atoms with Crippen LogP contribution in [0.4, 0.5) is 5.69 Å². The maximum absolute atomic E-state index is 12.6. The number of amides is 2. The number of fused-ring (bicyclic) bond motifs is 1. The predicted octanol–water partition coefficient (Wildman–Crippen LogP) is 3.21. The Hall–Kier alpha value is -3.02. The molecule has 0 bridgehead atoms. The summed E-state index contributed by atoms with van der Waals surface area (Å²) in [6, 6.07) is 13.0. The molecule has 1 fully saturated rings. The summed E-state index contributed by atoms with van der Waals surface area (Å²) in [4.78, 5) is 27.0. The summed E-state index contributed by atoms with van der Waals surface area (Å²) in [5.74, 6) is 1.25. The van der Waals surface area contributed by atoms with E-state index in [1.165, 1.54) is 0 Å². The number of carbonyl (C=O) groups is 2. The van der Waals surface area contributed by atoms with E-state index in [0.29, 0.717) is 48.7 Å². The number of hydrogen-bond donors (Lipinski definition) is 1. The van der Waals surface area contributed by atoms with Gasteiger partial charge in [0.05, 0.1) is 0 Å². The van der Waals surface area contributed by atoms with Gasteiger partial charge in [-0.25, -0.2) is 0 Å². The first-order chi connectivity index (χ1) is 13.1. The van der Waals surface area contributed by atoms with E-state index in [0.717, 1.165) is 5.56 Å². The summed E-state index contributed by atoms with van der Waals surface area (Å²) in [6.07, 6.45) is 1.32. The zero-order chi connectivity index (χ0) is 18.8. The number of nitrogens with zero attached hydrogens (tertiary/aromatic N) is 1. The third-order valence-electron chi connectivity index (χ3n) is 5.09. The number of likely N-dealkylation sites (tertiary alicyclic amines) is 1. The van der Waals surface area contributed by atoms with Crippen molar-refractivity contribution in [3.8, 4) is 11.5 Å². The van der Waals surface area contributed by atoms with E-state index in [9.17, 15) is 9.59 Å². The third kappa shape index (κ3) is 3.74. The number of carbonyl (C=O) groups excluding carboxylic acids is 2. The van der Waals surface area contributed by atoms with E-state index in [2.05, 4.69) is 5.32 Å². The number of piperidine rings is 1. The molecular formula is C21H22N2O4. The lowest BCUT2D eigenvalue weighted by atomic mass is 9.95. The summed E-state index contributed by atoms with van der Waals surface area (Å²) in [6.45, 7) is 3.39. The van der Waals surface area contributed by atoms with Gasteiger partial charge in [-0.2, -0.15) is 0 Å². The molecular weight excluding hydrogens is 344 g/mol. The lowest BCUT2D eigenvalue weighted by Crippen LogP contribution is -2.41. The molecule has 0 unspecified atom stereocenters. The summed E-state index contributed by atoms with van der Waals surface area (Å²) in [5.41, 5.74) is 2.52. The molecule has 2 aromatic rings. The van der Waals surface area contributed by atoms with Gasteiger partial charge in [-0.05, 0) is 44.0 Å². The minimum absolute atomic E-state index is 0.0173. The Morgan fingerprint density at radius 1 is 1.00 bits per heavy atom. The molecule has 27 heavy (non-hydrogen) atoms. The lowest BCUT2D eigenvalue weighted by Gasteiger charge is -2.31. The molecule has 2 amide bonds.